The molecule has 1 aliphatic rings. The van der Waals surface area contributed by atoms with Gasteiger partial charge in [-0.2, -0.15) is 0 Å². The van der Waals surface area contributed by atoms with Crippen LogP contribution >= 0.6 is 0 Å². The first-order valence-electron chi connectivity index (χ1n) is 6.93. The zero-order valence-corrected chi connectivity index (χ0v) is 12.2. The lowest BCUT2D eigenvalue weighted by Gasteiger charge is -2.18. The van der Waals surface area contributed by atoms with Gasteiger partial charge in [-0.25, -0.2) is 9.59 Å². The molecule has 1 saturated carbocycles. The molecular formula is C13H23N3O5. The third kappa shape index (κ3) is 6.44. The highest BCUT2D eigenvalue weighted by Crippen LogP contribution is 2.48. The number of primary amides is 1. The van der Waals surface area contributed by atoms with E-state index < -0.39 is 23.9 Å². The topological polar surface area (TPSA) is 131 Å². The van der Waals surface area contributed by atoms with Gasteiger partial charge in [-0.3, -0.25) is 4.79 Å². The van der Waals surface area contributed by atoms with Crippen molar-refractivity contribution in [3.05, 3.63) is 0 Å². The molecule has 5 N–H and O–H groups in total. The highest BCUT2D eigenvalue weighted by molar-refractivity contribution is 5.83. The number of carbonyl (C=O) groups excluding carboxylic acids is 2. The summed E-state index contributed by atoms with van der Waals surface area (Å²) >= 11 is 0. The SMILES string of the molecule is COCCC1(CNC(=O)NC(CCC(N)=O)C(=O)O)CC1. The Balaban J connectivity index is 2.33. The molecule has 0 bridgehead atoms. The minimum atomic E-state index is -1.19. The van der Waals surface area contributed by atoms with Crippen LogP contribution < -0.4 is 16.4 Å². The van der Waals surface area contributed by atoms with Crippen LogP contribution in [0.3, 0.4) is 0 Å². The van der Waals surface area contributed by atoms with E-state index >= 15 is 0 Å². The zero-order valence-electron chi connectivity index (χ0n) is 12.2. The lowest BCUT2D eigenvalue weighted by molar-refractivity contribution is -0.139. The summed E-state index contributed by atoms with van der Waals surface area (Å²) in [5.74, 6) is -1.79. The minimum absolute atomic E-state index is 0.0209. The molecule has 0 saturated heterocycles. The van der Waals surface area contributed by atoms with Crippen molar-refractivity contribution in [1.82, 2.24) is 10.6 Å². The first-order chi connectivity index (χ1) is 9.88. The van der Waals surface area contributed by atoms with Gasteiger partial charge in [0.05, 0.1) is 0 Å². The van der Waals surface area contributed by atoms with Crippen LogP contribution in [0.15, 0.2) is 0 Å². The number of amides is 3. The summed E-state index contributed by atoms with van der Waals surface area (Å²) < 4.78 is 5.03. The Bertz CT molecular complexity index is 395. The maximum Gasteiger partial charge on any atom is 0.326 e. The number of carboxylic acids is 1. The maximum absolute atomic E-state index is 11.7. The highest BCUT2D eigenvalue weighted by Gasteiger charge is 2.42. The van der Waals surface area contributed by atoms with Crippen LogP contribution in [0.4, 0.5) is 4.79 Å². The first-order valence-corrected chi connectivity index (χ1v) is 6.93. The van der Waals surface area contributed by atoms with E-state index in [2.05, 4.69) is 10.6 Å². The number of nitrogens with two attached hydrogens (primary N) is 1. The van der Waals surface area contributed by atoms with Crippen LogP contribution in [0.5, 0.6) is 0 Å². The number of methoxy groups -OCH3 is 1. The average molecular weight is 301 g/mol. The second-order valence-electron chi connectivity index (χ2n) is 5.47. The van der Waals surface area contributed by atoms with Crippen molar-refractivity contribution in [2.45, 2.75) is 38.1 Å². The van der Waals surface area contributed by atoms with Crippen molar-refractivity contribution in [3.63, 3.8) is 0 Å². The highest BCUT2D eigenvalue weighted by atomic mass is 16.5. The number of urea groups is 1. The van der Waals surface area contributed by atoms with Crippen LogP contribution in [-0.4, -0.2) is 49.3 Å². The smallest absolute Gasteiger partial charge is 0.326 e. The van der Waals surface area contributed by atoms with Gasteiger partial charge in [0.25, 0.3) is 0 Å². The van der Waals surface area contributed by atoms with Gasteiger partial charge in [-0.1, -0.05) is 0 Å². The molecule has 1 unspecified atom stereocenters. The molecule has 0 aliphatic heterocycles. The molecule has 8 heteroatoms. The second kappa shape index (κ2) is 7.82. The van der Waals surface area contributed by atoms with Gasteiger partial charge < -0.3 is 26.2 Å². The van der Waals surface area contributed by atoms with Crippen LogP contribution in [0, 0.1) is 5.41 Å². The summed E-state index contributed by atoms with van der Waals surface area (Å²) in [6, 6.07) is -1.66. The van der Waals surface area contributed by atoms with Crippen LogP contribution in [0.2, 0.25) is 0 Å². The van der Waals surface area contributed by atoms with Crippen molar-refractivity contribution in [2.24, 2.45) is 11.1 Å². The van der Waals surface area contributed by atoms with Crippen LogP contribution in [0.1, 0.15) is 32.1 Å². The van der Waals surface area contributed by atoms with E-state index in [4.69, 9.17) is 15.6 Å². The van der Waals surface area contributed by atoms with Crippen molar-refractivity contribution in [3.8, 4) is 0 Å². The first kappa shape index (κ1) is 17.2. The molecule has 8 nitrogen and oxygen atoms in total. The van der Waals surface area contributed by atoms with Crippen LogP contribution in [0.25, 0.3) is 0 Å². The van der Waals surface area contributed by atoms with E-state index in [1.165, 1.54) is 0 Å². The fourth-order valence-electron chi connectivity index (χ4n) is 2.03. The lowest BCUT2D eigenvalue weighted by atomic mass is 10.0. The molecule has 120 valence electrons. The van der Waals surface area contributed by atoms with Gasteiger partial charge in [-0.15, -0.1) is 0 Å². The Labute approximate surface area is 123 Å². The fourth-order valence-corrected chi connectivity index (χ4v) is 2.03. The average Bonchev–Trinajstić information content (AvgIpc) is 3.19. The Morgan fingerprint density at radius 2 is 2.05 bits per heavy atom. The molecule has 3 amide bonds. The van der Waals surface area contributed by atoms with Gasteiger partial charge in [-0.05, 0) is 31.1 Å². The molecule has 21 heavy (non-hydrogen) atoms. The minimum Gasteiger partial charge on any atom is -0.480 e. The number of rotatable bonds is 10. The third-order valence-electron chi connectivity index (χ3n) is 3.70. The van der Waals surface area contributed by atoms with Crippen LogP contribution in [-0.2, 0) is 14.3 Å². The Kier molecular flexibility index (Phi) is 6.41. The molecular weight excluding hydrogens is 278 g/mol. The quantitative estimate of drug-likeness (QED) is 0.444. The molecule has 0 aromatic rings. The fraction of sp³-hybridized carbons (Fsp3) is 0.769. The monoisotopic (exact) mass is 301 g/mol. The second-order valence-corrected chi connectivity index (χ2v) is 5.47. The van der Waals surface area contributed by atoms with Gasteiger partial charge in [0.15, 0.2) is 0 Å². The van der Waals surface area contributed by atoms with Gasteiger partial charge in [0.2, 0.25) is 5.91 Å². The summed E-state index contributed by atoms with van der Waals surface area (Å²) in [4.78, 5) is 33.4. The molecule has 0 aromatic carbocycles. The number of nitrogens with one attached hydrogen (secondary N) is 2. The van der Waals surface area contributed by atoms with Gasteiger partial charge >= 0.3 is 12.0 Å². The number of ether oxygens (including phenoxy) is 1. The van der Waals surface area contributed by atoms with E-state index in [0.717, 1.165) is 19.3 Å². The van der Waals surface area contributed by atoms with Crippen molar-refractivity contribution in [1.29, 1.82) is 0 Å². The predicted molar refractivity (Wildman–Crippen MR) is 74.5 cm³/mol. The van der Waals surface area contributed by atoms with Gasteiger partial charge in [0.1, 0.15) is 6.04 Å². The maximum atomic E-state index is 11.7. The largest absolute Gasteiger partial charge is 0.480 e. The van der Waals surface area contributed by atoms with Crippen molar-refractivity contribution >= 4 is 17.9 Å². The normalized spacial score (nSPS) is 16.8. The van der Waals surface area contributed by atoms with E-state index in [9.17, 15) is 14.4 Å². The summed E-state index contributed by atoms with van der Waals surface area (Å²) in [6.07, 6.45) is 2.82. The predicted octanol–water partition coefficient (Wildman–Crippen LogP) is -0.179. The number of hydrogen-bond donors (Lipinski definition) is 4. The van der Waals surface area contributed by atoms with Gasteiger partial charge in [0, 0.05) is 26.7 Å². The van der Waals surface area contributed by atoms with Crippen molar-refractivity contribution in [2.75, 3.05) is 20.3 Å². The molecule has 0 spiro atoms. The van der Waals surface area contributed by atoms with Crippen molar-refractivity contribution < 1.29 is 24.2 Å². The van der Waals surface area contributed by atoms with E-state index in [1.54, 1.807) is 7.11 Å². The summed E-state index contributed by atoms with van der Waals surface area (Å²) in [7, 11) is 1.63. The van der Waals surface area contributed by atoms with E-state index in [-0.39, 0.29) is 18.3 Å². The lowest BCUT2D eigenvalue weighted by Crippen LogP contribution is -2.47. The number of carbonyl (C=O) groups is 3. The number of carboxylic acid groups (broad SMARTS) is 1. The Morgan fingerprint density at radius 1 is 1.38 bits per heavy atom. The van der Waals surface area contributed by atoms with E-state index in [1.807, 2.05) is 0 Å². The summed E-state index contributed by atoms with van der Waals surface area (Å²) in [6.45, 7) is 1.13. The number of hydrogen-bond acceptors (Lipinski definition) is 4. The molecule has 0 radical (unpaired) electrons. The summed E-state index contributed by atoms with van der Waals surface area (Å²) in [5, 5.41) is 14.0. The molecule has 1 aliphatic carbocycles. The molecule has 0 aromatic heterocycles. The third-order valence-corrected chi connectivity index (χ3v) is 3.70. The molecule has 0 heterocycles. The summed E-state index contributed by atoms with van der Waals surface area (Å²) in [5.41, 5.74) is 5.05. The molecule has 1 rings (SSSR count). The zero-order chi connectivity index (χ0) is 15.9. The molecule has 1 fully saturated rings. The Hall–Kier alpha value is -1.83. The standard InChI is InChI=1S/C13H23N3O5/c1-21-7-6-13(4-5-13)8-15-12(20)16-9(11(18)19)2-3-10(14)17/h9H,2-8H2,1H3,(H2,14,17)(H,18,19)(H2,15,16,20). The number of aliphatic carboxylic acids is 1. The molecule has 1 atom stereocenters. The van der Waals surface area contributed by atoms with E-state index in [0.29, 0.717) is 13.2 Å². The Morgan fingerprint density at radius 3 is 2.52 bits per heavy atom.